The van der Waals surface area contributed by atoms with Crippen LogP contribution in [0.3, 0.4) is 0 Å². The molecule has 0 aliphatic heterocycles. The number of esters is 1. The molecule has 0 aliphatic carbocycles. The maximum atomic E-state index is 11.9. The minimum Gasteiger partial charge on any atom is -0.466 e. The average molecular weight is 406 g/mol. The van der Waals surface area contributed by atoms with Gasteiger partial charge in [-0.1, -0.05) is 20.8 Å². The van der Waals surface area contributed by atoms with Crippen molar-refractivity contribution in [3.05, 3.63) is 0 Å². The Balaban J connectivity index is 4.96. The Kier molecular flexibility index (Phi) is 13.8. The van der Waals surface area contributed by atoms with Gasteiger partial charge in [-0.2, -0.15) is 0 Å². The Morgan fingerprint density at radius 2 is 1.38 bits per heavy atom. The van der Waals surface area contributed by atoms with Gasteiger partial charge >= 0.3 is 14.5 Å². The zero-order valence-electron chi connectivity index (χ0n) is 18.4. The lowest BCUT2D eigenvalue weighted by Gasteiger charge is -2.41. The molecule has 0 unspecified atom stereocenters. The number of rotatable bonds is 16. The molecular weight excluding hydrogens is 362 g/mol. The standard InChI is InChI=1S/C19H43NO4Si2/c1-8-22-19(21)15-17-20(26(11-4,12-5)13-6)16-14-18-25(7,23-9-2)24-10-3/h8-18H2,1-7H3. The van der Waals surface area contributed by atoms with E-state index in [1.54, 1.807) is 0 Å². The minimum atomic E-state index is -2.07. The Bertz CT molecular complexity index is 364. The predicted octanol–water partition coefficient (Wildman–Crippen LogP) is 4.78. The van der Waals surface area contributed by atoms with Gasteiger partial charge in [-0.15, -0.1) is 0 Å². The molecule has 0 aromatic heterocycles. The Hall–Kier alpha value is -0.216. The van der Waals surface area contributed by atoms with E-state index in [-0.39, 0.29) is 5.97 Å². The van der Waals surface area contributed by atoms with E-state index in [0.717, 1.165) is 25.6 Å². The Morgan fingerprint density at radius 3 is 1.81 bits per heavy atom. The first-order valence-electron chi connectivity index (χ1n) is 10.5. The first-order valence-corrected chi connectivity index (χ1v) is 15.6. The van der Waals surface area contributed by atoms with Gasteiger partial charge in [-0.3, -0.25) is 4.79 Å². The van der Waals surface area contributed by atoms with E-state index < -0.39 is 16.8 Å². The Morgan fingerprint density at radius 1 is 0.846 bits per heavy atom. The summed E-state index contributed by atoms with van der Waals surface area (Å²) >= 11 is 0. The van der Waals surface area contributed by atoms with Gasteiger partial charge in [0.05, 0.1) is 13.0 Å². The van der Waals surface area contributed by atoms with Gasteiger partial charge in [-0.25, -0.2) is 0 Å². The fourth-order valence-electron chi connectivity index (χ4n) is 3.85. The molecule has 0 fully saturated rings. The topological polar surface area (TPSA) is 48.0 Å². The van der Waals surface area contributed by atoms with Gasteiger partial charge in [0.15, 0.2) is 0 Å². The fraction of sp³-hybridized carbons (Fsp3) is 0.947. The van der Waals surface area contributed by atoms with Crippen LogP contribution in [0.4, 0.5) is 0 Å². The van der Waals surface area contributed by atoms with Crippen molar-refractivity contribution in [3.8, 4) is 0 Å². The molecule has 0 saturated heterocycles. The fourth-order valence-corrected chi connectivity index (χ4v) is 10.3. The molecule has 0 amide bonds. The quantitative estimate of drug-likeness (QED) is 0.273. The largest absolute Gasteiger partial charge is 0.466 e. The molecule has 5 nitrogen and oxygen atoms in total. The summed E-state index contributed by atoms with van der Waals surface area (Å²) in [6.07, 6.45) is 1.56. The lowest BCUT2D eigenvalue weighted by Crippen LogP contribution is -2.53. The molecular formula is C19H43NO4Si2. The van der Waals surface area contributed by atoms with Crippen molar-refractivity contribution < 1.29 is 18.4 Å². The highest BCUT2D eigenvalue weighted by molar-refractivity contribution is 6.77. The highest BCUT2D eigenvalue weighted by atomic mass is 28.4. The van der Waals surface area contributed by atoms with E-state index in [1.807, 2.05) is 20.8 Å². The molecule has 0 heterocycles. The second kappa shape index (κ2) is 13.9. The average Bonchev–Trinajstić information content (AvgIpc) is 2.61. The Labute approximate surface area is 164 Å². The SMILES string of the molecule is CCOC(=O)CCN(CCC[Si](C)(OCC)OCC)[Si](CC)(CC)CC. The zero-order chi connectivity index (χ0) is 20.1. The summed E-state index contributed by atoms with van der Waals surface area (Å²) in [5.41, 5.74) is 0. The molecule has 0 atom stereocenters. The molecule has 0 rings (SSSR count). The van der Waals surface area contributed by atoms with Crippen LogP contribution < -0.4 is 0 Å². The van der Waals surface area contributed by atoms with Crippen LogP contribution in [0, 0.1) is 0 Å². The molecule has 0 aliphatic rings. The summed E-state index contributed by atoms with van der Waals surface area (Å²) in [6.45, 7) is 18.8. The van der Waals surface area contributed by atoms with Crippen molar-refractivity contribution in [3.63, 3.8) is 0 Å². The maximum absolute atomic E-state index is 11.9. The smallest absolute Gasteiger partial charge is 0.334 e. The van der Waals surface area contributed by atoms with E-state index in [2.05, 4.69) is 31.9 Å². The van der Waals surface area contributed by atoms with Gasteiger partial charge in [0, 0.05) is 19.8 Å². The maximum Gasteiger partial charge on any atom is 0.334 e. The highest BCUT2D eigenvalue weighted by Crippen LogP contribution is 2.27. The normalized spacial score (nSPS) is 12.6. The van der Waals surface area contributed by atoms with Crippen molar-refractivity contribution in [2.24, 2.45) is 0 Å². The van der Waals surface area contributed by atoms with Gasteiger partial charge < -0.3 is 18.2 Å². The first kappa shape index (κ1) is 25.8. The van der Waals surface area contributed by atoms with Crippen molar-refractivity contribution in [2.75, 3.05) is 32.9 Å². The lowest BCUT2D eigenvalue weighted by atomic mass is 10.4. The molecule has 7 heteroatoms. The third kappa shape index (κ3) is 8.65. The molecule has 0 aromatic rings. The number of carbonyl (C=O) groups excluding carboxylic acids is 1. The molecule has 156 valence electrons. The summed E-state index contributed by atoms with van der Waals surface area (Å²) in [7, 11) is -3.58. The third-order valence-electron chi connectivity index (χ3n) is 5.49. The van der Waals surface area contributed by atoms with Crippen molar-refractivity contribution >= 4 is 22.8 Å². The zero-order valence-corrected chi connectivity index (χ0v) is 20.4. The summed E-state index contributed by atoms with van der Waals surface area (Å²) in [6, 6.07) is 4.70. The number of carbonyl (C=O) groups is 1. The van der Waals surface area contributed by atoms with E-state index in [4.69, 9.17) is 13.6 Å². The van der Waals surface area contributed by atoms with Crippen molar-refractivity contribution in [1.82, 2.24) is 4.57 Å². The number of ether oxygens (including phenoxy) is 1. The monoisotopic (exact) mass is 405 g/mol. The summed E-state index contributed by atoms with van der Waals surface area (Å²) in [5.74, 6) is -0.0773. The van der Waals surface area contributed by atoms with Crippen LogP contribution in [0.15, 0.2) is 0 Å². The van der Waals surface area contributed by atoms with Crippen molar-refractivity contribution in [2.45, 2.75) is 85.1 Å². The van der Waals surface area contributed by atoms with Crippen LogP contribution in [0.5, 0.6) is 0 Å². The molecule has 0 aromatic carbocycles. The summed E-state index contributed by atoms with van der Waals surface area (Å²) in [4.78, 5) is 11.9. The van der Waals surface area contributed by atoms with Gasteiger partial charge in [0.2, 0.25) is 0 Å². The van der Waals surface area contributed by atoms with Crippen LogP contribution in [0.2, 0.25) is 30.7 Å². The molecule has 0 N–H and O–H groups in total. The number of hydrogen-bond acceptors (Lipinski definition) is 5. The highest BCUT2D eigenvalue weighted by Gasteiger charge is 2.36. The molecule has 0 spiro atoms. The summed E-state index contributed by atoms with van der Waals surface area (Å²) < 4.78 is 19.8. The van der Waals surface area contributed by atoms with Crippen LogP contribution >= 0.6 is 0 Å². The number of nitrogens with zero attached hydrogens (tertiary/aromatic N) is 1. The second-order valence-electron chi connectivity index (χ2n) is 6.93. The summed E-state index contributed by atoms with van der Waals surface area (Å²) in [5, 5.41) is 0. The van der Waals surface area contributed by atoms with Crippen LogP contribution in [0.1, 0.15) is 54.4 Å². The number of hydrogen-bond donors (Lipinski definition) is 0. The molecule has 26 heavy (non-hydrogen) atoms. The van der Waals surface area contributed by atoms with Crippen molar-refractivity contribution in [1.29, 1.82) is 0 Å². The van der Waals surface area contributed by atoms with Gasteiger partial charge in [0.1, 0.15) is 8.24 Å². The van der Waals surface area contributed by atoms with E-state index >= 15 is 0 Å². The van der Waals surface area contributed by atoms with Gasteiger partial charge in [-0.05, 0) is 64.5 Å². The van der Waals surface area contributed by atoms with Crippen LogP contribution in [-0.2, 0) is 18.4 Å². The van der Waals surface area contributed by atoms with Crippen LogP contribution in [-0.4, -0.2) is 60.2 Å². The second-order valence-corrected chi connectivity index (χ2v) is 15.5. The predicted molar refractivity (Wildman–Crippen MR) is 114 cm³/mol. The first-order chi connectivity index (χ1) is 12.4. The van der Waals surface area contributed by atoms with E-state index in [1.165, 1.54) is 18.1 Å². The third-order valence-corrected chi connectivity index (χ3v) is 14.3. The minimum absolute atomic E-state index is 0.0773. The molecule has 0 bridgehead atoms. The van der Waals surface area contributed by atoms with E-state index in [9.17, 15) is 4.79 Å². The molecule has 0 saturated carbocycles. The van der Waals surface area contributed by atoms with Crippen LogP contribution in [0.25, 0.3) is 0 Å². The van der Waals surface area contributed by atoms with Gasteiger partial charge in [0.25, 0.3) is 0 Å². The van der Waals surface area contributed by atoms with E-state index in [0.29, 0.717) is 26.2 Å². The lowest BCUT2D eigenvalue weighted by molar-refractivity contribution is -0.143. The molecule has 0 radical (unpaired) electrons.